The predicted octanol–water partition coefficient (Wildman–Crippen LogP) is 2.49. The van der Waals surface area contributed by atoms with Crippen LogP contribution in [0.2, 0.25) is 0 Å². The van der Waals surface area contributed by atoms with Crippen LogP contribution in [-0.4, -0.2) is 29.3 Å². The van der Waals surface area contributed by atoms with Crippen molar-refractivity contribution in [3.05, 3.63) is 71.0 Å². The molecule has 0 aliphatic rings. The Bertz CT molecular complexity index is 1260. The van der Waals surface area contributed by atoms with Gasteiger partial charge in [-0.05, 0) is 23.3 Å². The minimum atomic E-state index is -4.82. The maximum absolute atomic E-state index is 12.8. The summed E-state index contributed by atoms with van der Waals surface area (Å²) in [6, 6.07) is 7.89. The number of hydrogen-bond acceptors (Lipinski definition) is 5. The summed E-state index contributed by atoms with van der Waals surface area (Å²) in [7, 11) is -4.51. The van der Waals surface area contributed by atoms with E-state index in [2.05, 4.69) is 10.3 Å². The lowest BCUT2D eigenvalue weighted by atomic mass is 9.90. The molecule has 1 unspecified atom stereocenters. The minimum absolute atomic E-state index is 0.0197. The van der Waals surface area contributed by atoms with E-state index in [1.807, 2.05) is 0 Å². The third kappa shape index (κ3) is 4.75. The number of nitrogens with two attached hydrogens (primary N) is 2. The quantitative estimate of drug-likeness (QED) is 0.529. The van der Waals surface area contributed by atoms with Gasteiger partial charge in [-0.2, -0.15) is 13.2 Å². The van der Waals surface area contributed by atoms with Crippen LogP contribution >= 0.6 is 0 Å². The Hall–Kier alpha value is -3.39. The van der Waals surface area contributed by atoms with Crippen LogP contribution in [-0.2, 0) is 21.0 Å². The molecule has 4 N–H and O–H groups in total. The Labute approximate surface area is 177 Å². The number of carbonyl (C=O) groups is 1. The lowest BCUT2D eigenvalue weighted by molar-refractivity contribution is -0.141. The fourth-order valence-electron chi connectivity index (χ4n) is 2.99. The first-order valence-electron chi connectivity index (χ1n) is 8.63. The number of rotatable bonds is 6. The van der Waals surface area contributed by atoms with E-state index >= 15 is 0 Å². The normalized spacial score (nSPS) is 13.3. The molecule has 0 aliphatic carbocycles. The molecule has 0 radical (unpaired) electrons. The number of sulfonamides is 1. The summed E-state index contributed by atoms with van der Waals surface area (Å²) in [6.45, 7) is 0. The van der Waals surface area contributed by atoms with Gasteiger partial charge in [-0.15, -0.1) is 5.10 Å². The summed E-state index contributed by atoms with van der Waals surface area (Å²) in [6.07, 6.45) is -7.09. The Kier molecular flexibility index (Phi) is 6.02. The maximum atomic E-state index is 12.8. The van der Waals surface area contributed by atoms with Crippen molar-refractivity contribution in [2.24, 2.45) is 10.9 Å². The number of benzene rings is 2. The Morgan fingerprint density at radius 3 is 2.03 bits per heavy atom. The monoisotopic (exact) mass is 475 g/mol. The molecular weight excluding hydrogens is 461 g/mol. The van der Waals surface area contributed by atoms with Gasteiger partial charge < -0.3 is 5.73 Å². The average Bonchev–Trinajstić information content (AvgIpc) is 3.18. The lowest BCUT2D eigenvalue weighted by Gasteiger charge is -2.17. The van der Waals surface area contributed by atoms with Crippen molar-refractivity contribution < 1.29 is 35.2 Å². The zero-order valence-corrected chi connectivity index (χ0v) is 16.6. The van der Waals surface area contributed by atoms with E-state index in [1.54, 1.807) is 0 Å². The third-order valence-corrected chi connectivity index (χ3v) is 5.40. The van der Waals surface area contributed by atoms with E-state index in [0.717, 1.165) is 24.3 Å². The van der Waals surface area contributed by atoms with Crippen molar-refractivity contribution in [3.8, 4) is 5.69 Å². The van der Waals surface area contributed by atoms with Gasteiger partial charge in [0.15, 0.2) is 5.69 Å². The predicted molar refractivity (Wildman–Crippen MR) is 100 cm³/mol. The van der Waals surface area contributed by atoms with Crippen molar-refractivity contribution in [2.45, 2.75) is 23.4 Å². The number of alkyl halides is 5. The molecule has 0 saturated carbocycles. The molecule has 3 aromatic rings. The van der Waals surface area contributed by atoms with Gasteiger partial charge in [-0.3, -0.25) is 4.79 Å². The summed E-state index contributed by atoms with van der Waals surface area (Å²) in [5.41, 5.74) is 3.63. The first kappa shape index (κ1) is 23.3. The maximum Gasteiger partial charge on any atom is 0.436 e. The van der Waals surface area contributed by atoms with Crippen molar-refractivity contribution in [1.29, 1.82) is 0 Å². The van der Waals surface area contributed by atoms with Gasteiger partial charge in [0.1, 0.15) is 4.90 Å². The molecule has 32 heavy (non-hydrogen) atoms. The zero-order chi connectivity index (χ0) is 23.8. The number of aromatic nitrogens is 3. The third-order valence-electron chi connectivity index (χ3n) is 4.46. The second-order valence-corrected chi connectivity index (χ2v) is 8.15. The van der Waals surface area contributed by atoms with Crippen LogP contribution in [0.5, 0.6) is 0 Å². The van der Waals surface area contributed by atoms with Crippen molar-refractivity contribution in [3.63, 3.8) is 0 Å². The molecule has 0 saturated heterocycles. The second kappa shape index (κ2) is 8.27. The molecule has 170 valence electrons. The van der Waals surface area contributed by atoms with Gasteiger partial charge in [-0.1, -0.05) is 35.5 Å². The van der Waals surface area contributed by atoms with Crippen LogP contribution in [0.3, 0.4) is 0 Å². The van der Waals surface area contributed by atoms with Gasteiger partial charge in [0.25, 0.3) is 6.43 Å². The number of nitrogens with zero attached hydrogens (tertiary/aromatic N) is 3. The van der Waals surface area contributed by atoms with Crippen LogP contribution < -0.4 is 10.9 Å². The standard InChI is InChI=1S/C18H14F5N5O3S/c19-16(20)10-3-1-9(2-4-10)15(17(24)29)11-5-6-12(13(7-11)32(25,30)31)28-8-14(26-27-28)18(21,22)23/h1-8,15-16H,(H2,24,29)(H2,25,30,31). The van der Waals surface area contributed by atoms with Crippen molar-refractivity contribution >= 4 is 15.9 Å². The first-order valence-corrected chi connectivity index (χ1v) is 10.2. The highest BCUT2D eigenvalue weighted by atomic mass is 32.2. The number of amides is 1. The molecular formula is C18H14F5N5O3S. The van der Waals surface area contributed by atoms with Crippen LogP contribution in [0.1, 0.15) is 34.7 Å². The number of primary sulfonamides is 1. The molecule has 0 fully saturated rings. The van der Waals surface area contributed by atoms with E-state index < -0.39 is 45.0 Å². The molecule has 3 rings (SSSR count). The summed E-state index contributed by atoms with van der Waals surface area (Å²) in [4.78, 5) is 11.4. The van der Waals surface area contributed by atoms with Crippen molar-refractivity contribution in [2.75, 3.05) is 0 Å². The number of carbonyl (C=O) groups excluding carboxylic acids is 1. The highest BCUT2D eigenvalue weighted by molar-refractivity contribution is 7.89. The smallest absolute Gasteiger partial charge is 0.369 e. The molecule has 8 nitrogen and oxygen atoms in total. The highest BCUT2D eigenvalue weighted by Crippen LogP contribution is 2.32. The van der Waals surface area contributed by atoms with Crippen LogP contribution in [0.25, 0.3) is 5.69 Å². The van der Waals surface area contributed by atoms with Gasteiger partial charge in [0.05, 0.1) is 17.8 Å². The molecule has 1 atom stereocenters. The molecule has 2 aromatic carbocycles. The topological polar surface area (TPSA) is 134 Å². The van der Waals surface area contributed by atoms with Crippen LogP contribution in [0.4, 0.5) is 22.0 Å². The van der Waals surface area contributed by atoms with Gasteiger partial charge in [0.2, 0.25) is 15.9 Å². The van der Waals surface area contributed by atoms with E-state index in [0.29, 0.717) is 10.9 Å². The van der Waals surface area contributed by atoms with E-state index in [9.17, 15) is 35.2 Å². The van der Waals surface area contributed by atoms with Gasteiger partial charge >= 0.3 is 6.18 Å². The molecule has 14 heteroatoms. The number of primary amides is 1. The fraction of sp³-hybridized carbons (Fsp3) is 0.167. The highest BCUT2D eigenvalue weighted by Gasteiger charge is 2.35. The van der Waals surface area contributed by atoms with E-state index in [-0.39, 0.29) is 22.4 Å². The lowest BCUT2D eigenvalue weighted by Crippen LogP contribution is -2.23. The Balaban J connectivity index is 2.13. The summed E-state index contributed by atoms with van der Waals surface area (Å²) >= 11 is 0. The van der Waals surface area contributed by atoms with Gasteiger partial charge in [0, 0.05) is 5.56 Å². The van der Waals surface area contributed by atoms with Crippen LogP contribution in [0.15, 0.2) is 53.6 Å². The molecule has 1 amide bonds. The first-order chi connectivity index (χ1) is 14.8. The summed E-state index contributed by atoms with van der Waals surface area (Å²) < 4.78 is 88.9. The van der Waals surface area contributed by atoms with Gasteiger partial charge in [-0.25, -0.2) is 27.0 Å². The minimum Gasteiger partial charge on any atom is -0.369 e. The Morgan fingerprint density at radius 1 is 1.00 bits per heavy atom. The average molecular weight is 475 g/mol. The van der Waals surface area contributed by atoms with E-state index in [1.165, 1.54) is 18.2 Å². The van der Waals surface area contributed by atoms with E-state index in [4.69, 9.17) is 10.9 Å². The molecule has 0 aliphatic heterocycles. The Morgan fingerprint density at radius 2 is 1.56 bits per heavy atom. The number of halogens is 5. The second-order valence-electron chi connectivity index (χ2n) is 6.62. The summed E-state index contributed by atoms with van der Waals surface area (Å²) in [5.74, 6) is -2.18. The molecule has 0 bridgehead atoms. The zero-order valence-electron chi connectivity index (χ0n) is 15.8. The molecule has 1 aromatic heterocycles. The molecule has 1 heterocycles. The summed E-state index contributed by atoms with van der Waals surface area (Å²) in [5, 5.41) is 11.5. The molecule has 0 spiro atoms. The van der Waals surface area contributed by atoms with Crippen molar-refractivity contribution in [1.82, 2.24) is 15.0 Å². The van der Waals surface area contributed by atoms with Crippen LogP contribution in [0, 0.1) is 0 Å². The largest absolute Gasteiger partial charge is 0.436 e. The number of hydrogen-bond donors (Lipinski definition) is 2. The fourth-order valence-corrected chi connectivity index (χ4v) is 3.75. The SMILES string of the molecule is NC(=O)C(c1ccc(C(F)F)cc1)c1ccc(-n2cc(C(F)(F)F)nn2)c(S(N)(=O)=O)c1.